The number of hydrazine groups is 1. The largest absolute Gasteiger partial charge is 0.497 e. The summed E-state index contributed by atoms with van der Waals surface area (Å²) in [4.78, 5) is 23.5. The molecule has 6 nitrogen and oxygen atoms in total. The van der Waals surface area contributed by atoms with Gasteiger partial charge in [-0.2, -0.15) is 0 Å². The lowest BCUT2D eigenvalue weighted by atomic mass is 10.2. The molecule has 2 N–H and O–H groups in total. The molecule has 28 heavy (non-hydrogen) atoms. The van der Waals surface area contributed by atoms with Gasteiger partial charge < -0.3 is 9.47 Å². The number of hydrogen-bond donors (Lipinski definition) is 2. The van der Waals surface area contributed by atoms with Crippen LogP contribution in [0.4, 0.5) is 0 Å². The van der Waals surface area contributed by atoms with Crippen LogP contribution in [0.3, 0.4) is 0 Å². The molecule has 2 aromatic rings. The maximum absolute atomic E-state index is 11.8. The summed E-state index contributed by atoms with van der Waals surface area (Å²) in [6.07, 6.45) is 3.58. The number of amides is 2. The van der Waals surface area contributed by atoms with E-state index in [1.807, 2.05) is 18.2 Å². The molecule has 2 aromatic carbocycles. The fourth-order valence-corrected chi connectivity index (χ4v) is 2.62. The summed E-state index contributed by atoms with van der Waals surface area (Å²) >= 11 is 11.8. The van der Waals surface area contributed by atoms with Crippen LogP contribution in [-0.2, 0) is 9.59 Å². The zero-order valence-corrected chi connectivity index (χ0v) is 16.7. The van der Waals surface area contributed by atoms with E-state index in [-0.39, 0.29) is 12.3 Å². The number of methoxy groups -OCH3 is 1. The molecule has 2 rings (SSSR count). The van der Waals surface area contributed by atoms with Crippen LogP contribution >= 0.6 is 23.2 Å². The van der Waals surface area contributed by atoms with E-state index in [0.29, 0.717) is 34.6 Å². The van der Waals surface area contributed by atoms with E-state index in [4.69, 9.17) is 32.7 Å². The highest BCUT2D eigenvalue weighted by Crippen LogP contribution is 2.27. The summed E-state index contributed by atoms with van der Waals surface area (Å²) in [6.45, 7) is 0.304. The van der Waals surface area contributed by atoms with Gasteiger partial charge in [-0.05, 0) is 48.4 Å². The number of halogens is 2. The lowest BCUT2D eigenvalue weighted by molar-refractivity contribution is -0.126. The molecule has 8 heteroatoms. The second kappa shape index (κ2) is 11.2. The molecule has 0 bridgehead atoms. The van der Waals surface area contributed by atoms with Crippen molar-refractivity contribution in [1.29, 1.82) is 0 Å². The van der Waals surface area contributed by atoms with Crippen molar-refractivity contribution in [2.24, 2.45) is 0 Å². The van der Waals surface area contributed by atoms with Gasteiger partial charge in [0.1, 0.15) is 11.5 Å². The van der Waals surface area contributed by atoms with Gasteiger partial charge in [0.2, 0.25) is 5.91 Å². The second-order valence-electron chi connectivity index (χ2n) is 5.67. The molecule has 2 amide bonds. The number of rotatable bonds is 8. The SMILES string of the molecule is COc1cccc(/C=C/C(=O)NNC(=O)CCCOc2ccc(Cl)cc2Cl)c1. The molecular formula is C20H20Cl2N2O4. The average molecular weight is 423 g/mol. The summed E-state index contributed by atoms with van der Waals surface area (Å²) in [6, 6.07) is 12.2. The Morgan fingerprint density at radius 3 is 2.68 bits per heavy atom. The minimum atomic E-state index is -0.444. The molecule has 0 aliphatic carbocycles. The predicted molar refractivity (Wildman–Crippen MR) is 110 cm³/mol. The quantitative estimate of drug-likeness (QED) is 0.382. The molecule has 0 atom stereocenters. The fraction of sp³-hybridized carbons (Fsp3) is 0.200. The van der Waals surface area contributed by atoms with E-state index in [1.54, 1.807) is 37.5 Å². The first-order valence-electron chi connectivity index (χ1n) is 8.47. The van der Waals surface area contributed by atoms with Gasteiger partial charge in [-0.1, -0.05) is 35.3 Å². The molecular weight excluding hydrogens is 403 g/mol. The number of carbonyl (C=O) groups excluding carboxylic acids is 2. The molecule has 0 heterocycles. The van der Waals surface area contributed by atoms with Gasteiger partial charge in [0.05, 0.1) is 18.7 Å². The molecule has 0 saturated carbocycles. The number of carbonyl (C=O) groups is 2. The van der Waals surface area contributed by atoms with Gasteiger partial charge in [0, 0.05) is 17.5 Å². The Morgan fingerprint density at radius 2 is 1.93 bits per heavy atom. The van der Waals surface area contributed by atoms with Crippen molar-refractivity contribution in [1.82, 2.24) is 10.9 Å². The summed E-state index contributed by atoms with van der Waals surface area (Å²) in [5.74, 6) is 0.426. The Morgan fingerprint density at radius 1 is 1.11 bits per heavy atom. The van der Waals surface area contributed by atoms with E-state index in [0.717, 1.165) is 5.56 Å². The maximum atomic E-state index is 11.8. The van der Waals surface area contributed by atoms with E-state index < -0.39 is 5.91 Å². The third-order valence-electron chi connectivity index (χ3n) is 3.55. The van der Waals surface area contributed by atoms with Crippen molar-refractivity contribution in [3.05, 3.63) is 64.1 Å². The minimum Gasteiger partial charge on any atom is -0.497 e. The first-order chi connectivity index (χ1) is 13.5. The monoisotopic (exact) mass is 422 g/mol. The van der Waals surface area contributed by atoms with E-state index in [2.05, 4.69) is 10.9 Å². The van der Waals surface area contributed by atoms with Crippen molar-refractivity contribution in [2.45, 2.75) is 12.8 Å². The molecule has 0 unspecified atom stereocenters. The molecule has 0 saturated heterocycles. The minimum absolute atomic E-state index is 0.186. The van der Waals surface area contributed by atoms with Crippen molar-refractivity contribution in [3.8, 4) is 11.5 Å². The standard InChI is InChI=1S/C20H20Cl2N2O4/c1-27-16-5-2-4-14(12-16)7-10-20(26)24-23-19(25)6-3-11-28-18-9-8-15(21)13-17(18)22/h2,4-5,7-10,12-13H,3,6,11H2,1H3,(H,23,25)(H,24,26)/b10-7+. The molecule has 0 radical (unpaired) electrons. The van der Waals surface area contributed by atoms with Gasteiger partial charge in [0.25, 0.3) is 5.91 Å². The molecule has 0 aromatic heterocycles. The first kappa shape index (κ1) is 21.6. The van der Waals surface area contributed by atoms with Gasteiger partial charge >= 0.3 is 0 Å². The van der Waals surface area contributed by atoms with Gasteiger partial charge in [-0.15, -0.1) is 0 Å². The Labute approximate surface area is 173 Å². The van der Waals surface area contributed by atoms with Crippen molar-refractivity contribution >= 4 is 41.1 Å². The fourth-order valence-electron chi connectivity index (χ4n) is 2.16. The van der Waals surface area contributed by atoms with Gasteiger partial charge in [-0.3, -0.25) is 20.4 Å². The van der Waals surface area contributed by atoms with Crippen LogP contribution in [0.1, 0.15) is 18.4 Å². The third kappa shape index (κ3) is 7.50. The van der Waals surface area contributed by atoms with Crippen molar-refractivity contribution < 1.29 is 19.1 Å². The number of ether oxygens (including phenoxy) is 2. The lowest BCUT2D eigenvalue weighted by Crippen LogP contribution is -2.40. The Hall–Kier alpha value is -2.70. The first-order valence-corrected chi connectivity index (χ1v) is 9.22. The zero-order chi connectivity index (χ0) is 20.4. The maximum Gasteiger partial charge on any atom is 0.262 e. The number of benzene rings is 2. The average Bonchev–Trinajstić information content (AvgIpc) is 2.69. The normalized spacial score (nSPS) is 10.5. The highest BCUT2D eigenvalue weighted by Gasteiger charge is 2.05. The summed E-state index contributed by atoms with van der Waals surface area (Å²) in [5, 5.41) is 0.931. The van der Waals surface area contributed by atoms with Gasteiger partial charge in [0.15, 0.2) is 0 Å². The number of hydrogen-bond acceptors (Lipinski definition) is 4. The number of nitrogens with one attached hydrogen (secondary N) is 2. The topological polar surface area (TPSA) is 76.7 Å². The van der Waals surface area contributed by atoms with Crippen molar-refractivity contribution in [2.75, 3.05) is 13.7 Å². The van der Waals surface area contributed by atoms with Crippen LogP contribution in [-0.4, -0.2) is 25.5 Å². The lowest BCUT2D eigenvalue weighted by Gasteiger charge is -2.08. The Kier molecular flexibility index (Phi) is 8.65. The highest BCUT2D eigenvalue weighted by molar-refractivity contribution is 6.35. The van der Waals surface area contributed by atoms with Crippen LogP contribution in [0.5, 0.6) is 11.5 Å². The van der Waals surface area contributed by atoms with Crippen molar-refractivity contribution in [3.63, 3.8) is 0 Å². The summed E-state index contributed by atoms with van der Waals surface area (Å²) in [5.41, 5.74) is 5.47. The van der Waals surface area contributed by atoms with Crippen LogP contribution in [0, 0.1) is 0 Å². The van der Waals surface area contributed by atoms with Gasteiger partial charge in [-0.25, -0.2) is 0 Å². The van der Waals surface area contributed by atoms with Crippen LogP contribution in [0.2, 0.25) is 10.0 Å². The van der Waals surface area contributed by atoms with E-state index in [9.17, 15) is 9.59 Å². The van der Waals surface area contributed by atoms with Crippen LogP contribution in [0.25, 0.3) is 6.08 Å². The molecule has 0 aliphatic heterocycles. The summed E-state index contributed by atoms with van der Waals surface area (Å²) in [7, 11) is 1.57. The summed E-state index contributed by atoms with van der Waals surface area (Å²) < 4.78 is 10.6. The second-order valence-corrected chi connectivity index (χ2v) is 6.52. The highest BCUT2D eigenvalue weighted by atomic mass is 35.5. The van der Waals surface area contributed by atoms with E-state index in [1.165, 1.54) is 6.08 Å². The smallest absolute Gasteiger partial charge is 0.262 e. The molecule has 0 aliphatic rings. The Bertz CT molecular complexity index is 856. The zero-order valence-electron chi connectivity index (χ0n) is 15.2. The van der Waals surface area contributed by atoms with Crippen LogP contribution in [0.15, 0.2) is 48.5 Å². The van der Waals surface area contributed by atoms with E-state index >= 15 is 0 Å². The van der Waals surface area contributed by atoms with Crippen LogP contribution < -0.4 is 20.3 Å². The third-order valence-corrected chi connectivity index (χ3v) is 4.08. The molecule has 148 valence electrons. The molecule has 0 fully saturated rings. The molecule has 0 spiro atoms. The Balaban J connectivity index is 1.66. The predicted octanol–water partition coefficient (Wildman–Crippen LogP) is 4.02.